The van der Waals surface area contributed by atoms with Gasteiger partial charge in [0.05, 0.1) is 6.61 Å². The summed E-state index contributed by atoms with van der Waals surface area (Å²) in [7, 11) is 0. The molecule has 0 aromatic heterocycles. The number of nitrogens with two attached hydrogens (primary N) is 1. The monoisotopic (exact) mass is 275 g/mol. The number of carbonyl (C=O) groups excluding carboxylic acids is 2. The second kappa shape index (κ2) is 9.15. The number of urea groups is 1. The second-order valence-corrected chi connectivity index (χ2v) is 4.03. The molecule has 3 amide bonds. The van der Waals surface area contributed by atoms with Crippen molar-refractivity contribution >= 4 is 17.9 Å². The van der Waals surface area contributed by atoms with E-state index in [1.165, 1.54) is 4.90 Å². The smallest absolute Gasteiger partial charge is 0.323 e. The van der Waals surface area contributed by atoms with Crippen LogP contribution in [0.25, 0.3) is 0 Å². The number of amides is 3. The van der Waals surface area contributed by atoms with E-state index in [4.69, 9.17) is 15.6 Å². The van der Waals surface area contributed by atoms with Gasteiger partial charge in [0.15, 0.2) is 0 Å². The van der Waals surface area contributed by atoms with Gasteiger partial charge in [-0.15, -0.1) is 0 Å². The normalized spacial score (nSPS) is 11.7. The first-order chi connectivity index (χ1) is 8.88. The van der Waals surface area contributed by atoms with Gasteiger partial charge in [0.2, 0.25) is 5.91 Å². The Balaban J connectivity index is 4.10. The van der Waals surface area contributed by atoms with Gasteiger partial charge in [-0.2, -0.15) is 0 Å². The average molecular weight is 275 g/mol. The molecule has 0 fully saturated rings. The fourth-order valence-corrected chi connectivity index (χ4v) is 1.30. The highest BCUT2D eigenvalue weighted by atomic mass is 16.5. The lowest BCUT2D eigenvalue weighted by molar-refractivity contribution is -0.138. The van der Waals surface area contributed by atoms with Crippen molar-refractivity contribution in [2.75, 3.05) is 26.3 Å². The average Bonchev–Trinajstić information content (AvgIpc) is 2.33. The van der Waals surface area contributed by atoms with Crippen molar-refractivity contribution < 1.29 is 24.2 Å². The molecule has 0 rings (SSSR count). The summed E-state index contributed by atoms with van der Waals surface area (Å²) in [5.41, 5.74) is 4.87. The maximum atomic E-state index is 11.8. The summed E-state index contributed by atoms with van der Waals surface area (Å²) < 4.78 is 4.87. The van der Waals surface area contributed by atoms with Crippen LogP contribution in [0.1, 0.15) is 20.3 Å². The molecule has 0 aliphatic heterocycles. The van der Waals surface area contributed by atoms with Crippen LogP contribution in [0.5, 0.6) is 0 Å². The summed E-state index contributed by atoms with van der Waals surface area (Å²) in [5.74, 6) is -1.65. The number of primary amides is 1. The zero-order chi connectivity index (χ0) is 14.8. The molecule has 1 unspecified atom stereocenters. The molecule has 0 heterocycles. The lowest BCUT2D eigenvalue weighted by Gasteiger charge is -2.27. The zero-order valence-corrected chi connectivity index (χ0v) is 11.2. The summed E-state index contributed by atoms with van der Waals surface area (Å²) in [6.45, 7) is 3.38. The van der Waals surface area contributed by atoms with Crippen LogP contribution in [-0.4, -0.2) is 60.3 Å². The minimum absolute atomic E-state index is 0.135. The molecular weight excluding hydrogens is 254 g/mol. The van der Waals surface area contributed by atoms with Crippen LogP contribution >= 0.6 is 0 Å². The Kier molecular flexibility index (Phi) is 8.27. The van der Waals surface area contributed by atoms with E-state index in [1.54, 1.807) is 6.92 Å². The molecule has 0 bridgehead atoms. The van der Waals surface area contributed by atoms with Crippen molar-refractivity contribution in [1.29, 1.82) is 0 Å². The number of carboxylic acids is 1. The summed E-state index contributed by atoms with van der Waals surface area (Å²) in [6.07, 6.45) is 0.652. The van der Waals surface area contributed by atoms with Crippen molar-refractivity contribution in [1.82, 2.24) is 10.2 Å². The number of nitrogens with zero attached hydrogens (tertiary/aromatic N) is 1. The van der Waals surface area contributed by atoms with Gasteiger partial charge in [0.1, 0.15) is 13.2 Å². The van der Waals surface area contributed by atoms with Crippen LogP contribution in [0.3, 0.4) is 0 Å². The van der Waals surface area contributed by atoms with E-state index in [0.29, 0.717) is 6.42 Å². The highest BCUT2D eigenvalue weighted by Gasteiger charge is 2.20. The maximum absolute atomic E-state index is 11.8. The van der Waals surface area contributed by atoms with Crippen molar-refractivity contribution in [3.63, 3.8) is 0 Å². The third-order valence-electron chi connectivity index (χ3n) is 2.46. The molecule has 0 aliphatic carbocycles. The van der Waals surface area contributed by atoms with Gasteiger partial charge in [0, 0.05) is 12.6 Å². The van der Waals surface area contributed by atoms with Crippen molar-refractivity contribution in [2.45, 2.75) is 26.3 Å². The van der Waals surface area contributed by atoms with Crippen molar-refractivity contribution in [3.8, 4) is 0 Å². The summed E-state index contributed by atoms with van der Waals surface area (Å²) in [6, 6.07) is -0.651. The van der Waals surface area contributed by atoms with Crippen LogP contribution in [0.15, 0.2) is 0 Å². The van der Waals surface area contributed by atoms with Gasteiger partial charge in [-0.1, -0.05) is 6.92 Å². The number of hydrogen-bond acceptors (Lipinski definition) is 4. The molecule has 1 atom stereocenters. The van der Waals surface area contributed by atoms with Crippen LogP contribution < -0.4 is 11.1 Å². The molecular formula is C11H21N3O5. The molecule has 8 nitrogen and oxygen atoms in total. The number of carbonyl (C=O) groups is 3. The molecule has 8 heteroatoms. The van der Waals surface area contributed by atoms with E-state index in [0.717, 1.165) is 0 Å². The van der Waals surface area contributed by atoms with Crippen LogP contribution in [0, 0.1) is 0 Å². The molecule has 0 aliphatic rings. The first-order valence-electron chi connectivity index (χ1n) is 6.00. The van der Waals surface area contributed by atoms with E-state index in [1.807, 2.05) is 6.92 Å². The summed E-state index contributed by atoms with van der Waals surface area (Å²) in [4.78, 5) is 34.1. The first kappa shape index (κ1) is 17.2. The van der Waals surface area contributed by atoms with E-state index in [2.05, 4.69) is 5.32 Å². The largest absolute Gasteiger partial charge is 0.480 e. The summed E-state index contributed by atoms with van der Waals surface area (Å²) >= 11 is 0. The van der Waals surface area contributed by atoms with E-state index in [-0.39, 0.29) is 32.3 Å². The quantitative estimate of drug-likeness (QED) is 0.484. The summed E-state index contributed by atoms with van der Waals surface area (Å²) in [5, 5.41) is 11.3. The van der Waals surface area contributed by atoms with Gasteiger partial charge in [-0.05, 0) is 13.3 Å². The van der Waals surface area contributed by atoms with Gasteiger partial charge >= 0.3 is 12.0 Å². The predicted molar refractivity (Wildman–Crippen MR) is 67.5 cm³/mol. The lowest BCUT2D eigenvalue weighted by atomic mass is 10.2. The molecule has 0 saturated carbocycles. The van der Waals surface area contributed by atoms with E-state index in [9.17, 15) is 14.4 Å². The molecule has 0 spiro atoms. The topological polar surface area (TPSA) is 122 Å². The first-order valence-corrected chi connectivity index (χ1v) is 6.00. The number of hydrogen-bond donors (Lipinski definition) is 3. The predicted octanol–water partition coefficient (Wildman–Crippen LogP) is -0.617. The Morgan fingerprint density at radius 2 is 2.05 bits per heavy atom. The molecule has 19 heavy (non-hydrogen) atoms. The second-order valence-electron chi connectivity index (χ2n) is 4.03. The van der Waals surface area contributed by atoms with E-state index >= 15 is 0 Å². The SMILES string of the molecule is CCC(C)N(CC(=O)O)C(=O)NCCOCC(N)=O. The van der Waals surface area contributed by atoms with Gasteiger partial charge in [-0.25, -0.2) is 4.79 Å². The van der Waals surface area contributed by atoms with Crippen molar-refractivity contribution in [3.05, 3.63) is 0 Å². The third-order valence-corrected chi connectivity index (χ3v) is 2.46. The van der Waals surface area contributed by atoms with Gasteiger partial charge < -0.3 is 25.8 Å². The number of nitrogens with one attached hydrogen (secondary N) is 1. The Morgan fingerprint density at radius 1 is 1.42 bits per heavy atom. The van der Waals surface area contributed by atoms with Crippen molar-refractivity contribution in [2.24, 2.45) is 5.73 Å². The van der Waals surface area contributed by atoms with Crippen LogP contribution in [0.2, 0.25) is 0 Å². The zero-order valence-electron chi connectivity index (χ0n) is 11.2. The minimum Gasteiger partial charge on any atom is -0.480 e. The fourth-order valence-electron chi connectivity index (χ4n) is 1.30. The highest BCUT2D eigenvalue weighted by molar-refractivity contribution is 5.80. The molecule has 110 valence electrons. The molecule has 0 radical (unpaired) electrons. The van der Waals surface area contributed by atoms with Crippen LogP contribution in [0.4, 0.5) is 4.79 Å². The number of rotatable bonds is 9. The molecule has 4 N–H and O–H groups in total. The number of ether oxygens (including phenoxy) is 1. The third kappa shape index (κ3) is 7.98. The Labute approximate surface area is 111 Å². The number of aliphatic carboxylic acids is 1. The Morgan fingerprint density at radius 3 is 2.53 bits per heavy atom. The molecule has 0 aromatic rings. The highest BCUT2D eigenvalue weighted by Crippen LogP contribution is 2.03. The van der Waals surface area contributed by atoms with Crippen LogP contribution in [-0.2, 0) is 14.3 Å². The maximum Gasteiger partial charge on any atom is 0.323 e. The van der Waals surface area contributed by atoms with E-state index < -0.39 is 17.9 Å². The Hall–Kier alpha value is -1.83. The minimum atomic E-state index is -1.07. The molecule has 0 aromatic carbocycles. The lowest BCUT2D eigenvalue weighted by Crippen LogP contribution is -2.48. The fraction of sp³-hybridized carbons (Fsp3) is 0.727. The van der Waals surface area contributed by atoms with Gasteiger partial charge in [-0.3, -0.25) is 9.59 Å². The standard InChI is InChI=1S/C11H21N3O5/c1-3-8(2)14(6-10(16)17)11(18)13-4-5-19-7-9(12)15/h8H,3-7H2,1-2H3,(H2,12,15)(H,13,18)(H,16,17). The van der Waals surface area contributed by atoms with Gasteiger partial charge in [0.25, 0.3) is 0 Å². The Bertz CT molecular complexity index is 321. The molecule has 0 saturated heterocycles. The number of carboxylic acid groups (broad SMARTS) is 1.